The van der Waals surface area contributed by atoms with Crippen LogP contribution in [0.3, 0.4) is 0 Å². The second-order valence-electron chi connectivity index (χ2n) is 4.05. The molecule has 1 aromatic rings. The lowest BCUT2D eigenvalue weighted by atomic mass is 10.1. The van der Waals surface area contributed by atoms with E-state index in [1.165, 1.54) is 18.1 Å². The van der Waals surface area contributed by atoms with E-state index in [9.17, 15) is 9.59 Å². The number of nitrogens with two attached hydrogens (primary N) is 1. The molecule has 7 nitrogen and oxygen atoms in total. The fourth-order valence-corrected chi connectivity index (χ4v) is 1.96. The minimum atomic E-state index is -1.05. The predicted molar refractivity (Wildman–Crippen MR) is 72.8 cm³/mol. The zero-order chi connectivity index (χ0) is 14.3. The molecule has 1 aromatic heterocycles. The minimum Gasteiger partial charge on any atom is -0.480 e. The van der Waals surface area contributed by atoms with Gasteiger partial charge in [-0.15, -0.1) is 0 Å². The Bertz CT molecular complexity index is 410. The van der Waals surface area contributed by atoms with Crippen LogP contribution in [0.5, 0.6) is 0 Å². The number of thioether (sulfide) groups is 1. The Morgan fingerprint density at radius 3 is 2.89 bits per heavy atom. The van der Waals surface area contributed by atoms with E-state index in [4.69, 9.17) is 10.8 Å². The molecule has 0 spiro atoms. The van der Waals surface area contributed by atoms with Crippen molar-refractivity contribution in [1.29, 1.82) is 0 Å². The number of nitrogens with zero attached hydrogens (tertiary/aromatic N) is 1. The van der Waals surface area contributed by atoms with Gasteiger partial charge in [0.05, 0.1) is 18.1 Å². The normalized spacial score (nSPS) is 13.8. The SMILES string of the molecule is CSCCC(NC(=O)C(N)Cc1c[nH]cn1)C(=O)O. The number of aromatic nitrogens is 2. The molecule has 0 saturated heterocycles. The molecule has 2 atom stereocenters. The van der Waals surface area contributed by atoms with Crippen LogP contribution >= 0.6 is 11.8 Å². The second kappa shape index (κ2) is 7.80. The van der Waals surface area contributed by atoms with Crippen LogP contribution in [0.1, 0.15) is 12.1 Å². The summed E-state index contributed by atoms with van der Waals surface area (Å²) in [6.07, 6.45) is 5.67. The standard InChI is InChI=1S/C11H18N4O3S/c1-19-3-2-9(11(17)18)15-10(16)8(12)4-7-5-13-6-14-7/h5-6,8-9H,2-4,12H2,1H3,(H,13,14)(H,15,16)(H,17,18). The van der Waals surface area contributed by atoms with Crippen molar-refractivity contribution in [2.24, 2.45) is 5.73 Å². The molecular formula is C11H18N4O3S. The minimum absolute atomic E-state index is 0.268. The number of imidazole rings is 1. The Morgan fingerprint density at radius 2 is 2.37 bits per heavy atom. The molecule has 2 unspecified atom stereocenters. The van der Waals surface area contributed by atoms with Gasteiger partial charge < -0.3 is 21.1 Å². The van der Waals surface area contributed by atoms with Gasteiger partial charge in [-0.2, -0.15) is 11.8 Å². The van der Waals surface area contributed by atoms with Crippen molar-refractivity contribution in [1.82, 2.24) is 15.3 Å². The molecule has 1 rings (SSSR count). The van der Waals surface area contributed by atoms with Gasteiger partial charge in [0.1, 0.15) is 6.04 Å². The van der Waals surface area contributed by atoms with Gasteiger partial charge in [0.15, 0.2) is 0 Å². The molecule has 19 heavy (non-hydrogen) atoms. The summed E-state index contributed by atoms with van der Waals surface area (Å²) in [6, 6.07) is -1.70. The van der Waals surface area contributed by atoms with Gasteiger partial charge in [0.25, 0.3) is 0 Å². The van der Waals surface area contributed by atoms with E-state index in [1.807, 2.05) is 6.26 Å². The summed E-state index contributed by atoms with van der Waals surface area (Å²) >= 11 is 1.53. The molecule has 1 heterocycles. The Morgan fingerprint density at radius 1 is 1.63 bits per heavy atom. The van der Waals surface area contributed by atoms with Gasteiger partial charge >= 0.3 is 5.97 Å². The zero-order valence-electron chi connectivity index (χ0n) is 10.6. The summed E-state index contributed by atoms with van der Waals surface area (Å²) in [6.45, 7) is 0. The molecular weight excluding hydrogens is 268 g/mol. The number of hydrogen-bond donors (Lipinski definition) is 4. The quantitative estimate of drug-likeness (QED) is 0.516. The number of carboxylic acids is 1. The molecule has 106 valence electrons. The Kier molecular flexibility index (Phi) is 6.37. The largest absolute Gasteiger partial charge is 0.480 e. The summed E-state index contributed by atoms with van der Waals surface area (Å²) in [5.74, 6) is -0.864. The van der Waals surface area contributed by atoms with Crippen LogP contribution in [0.4, 0.5) is 0 Å². The number of rotatable bonds is 8. The van der Waals surface area contributed by atoms with Gasteiger partial charge in [0.2, 0.25) is 5.91 Å². The average Bonchev–Trinajstić information content (AvgIpc) is 2.86. The van der Waals surface area contributed by atoms with Crippen molar-refractivity contribution < 1.29 is 14.7 Å². The summed E-state index contributed by atoms with van der Waals surface area (Å²) in [5, 5.41) is 11.5. The van der Waals surface area contributed by atoms with Crippen molar-refractivity contribution in [3.8, 4) is 0 Å². The van der Waals surface area contributed by atoms with Crippen molar-refractivity contribution >= 4 is 23.6 Å². The van der Waals surface area contributed by atoms with Crippen molar-refractivity contribution in [3.63, 3.8) is 0 Å². The molecule has 0 fully saturated rings. The smallest absolute Gasteiger partial charge is 0.326 e. The van der Waals surface area contributed by atoms with Gasteiger partial charge in [0, 0.05) is 12.6 Å². The summed E-state index contributed by atoms with van der Waals surface area (Å²) in [7, 11) is 0. The van der Waals surface area contributed by atoms with Crippen molar-refractivity contribution in [2.75, 3.05) is 12.0 Å². The lowest BCUT2D eigenvalue weighted by molar-refractivity contribution is -0.142. The topological polar surface area (TPSA) is 121 Å². The van der Waals surface area contributed by atoms with E-state index in [0.29, 0.717) is 17.9 Å². The first-order chi connectivity index (χ1) is 9.04. The Hall–Kier alpha value is -1.54. The molecule has 5 N–H and O–H groups in total. The molecule has 0 aliphatic carbocycles. The molecule has 0 radical (unpaired) electrons. The zero-order valence-corrected chi connectivity index (χ0v) is 11.4. The van der Waals surface area contributed by atoms with Crippen molar-refractivity contribution in [2.45, 2.75) is 24.9 Å². The maximum Gasteiger partial charge on any atom is 0.326 e. The van der Waals surface area contributed by atoms with Gasteiger partial charge in [-0.1, -0.05) is 0 Å². The Labute approximate surface area is 115 Å². The summed E-state index contributed by atoms with van der Waals surface area (Å²) in [4.78, 5) is 29.5. The van der Waals surface area contributed by atoms with E-state index >= 15 is 0 Å². The lowest BCUT2D eigenvalue weighted by Crippen LogP contribution is -2.49. The fraction of sp³-hybridized carbons (Fsp3) is 0.545. The molecule has 1 amide bonds. The maximum absolute atomic E-state index is 11.8. The molecule has 0 bridgehead atoms. The van der Waals surface area contributed by atoms with E-state index < -0.39 is 24.0 Å². The average molecular weight is 286 g/mol. The number of aromatic amines is 1. The number of amides is 1. The number of carboxylic acid groups (broad SMARTS) is 1. The third-order valence-corrected chi connectivity index (χ3v) is 3.19. The summed E-state index contributed by atoms with van der Waals surface area (Å²) < 4.78 is 0. The fourth-order valence-electron chi connectivity index (χ4n) is 1.49. The van der Waals surface area contributed by atoms with Crippen molar-refractivity contribution in [3.05, 3.63) is 18.2 Å². The number of carbonyl (C=O) groups is 2. The van der Waals surface area contributed by atoms with Crippen LogP contribution in [-0.2, 0) is 16.0 Å². The highest BCUT2D eigenvalue weighted by atomic mass is 32.2. The monoisotopic (exact) mass is 286 g/mol. The molecule has 8 heteroatoms. The van der Waals surface area contributed by atoms with E-state index in [2.05, 4.69) is 15.3 Å². The third-order valence-electron chi connectivity index (χ3n) is 2.55. The molecule has 0 aliphatic rings. The number of carbonyl (C=O) groups excluding carboxylic acids is 1. The van der Waals surface area contributed by atoms with E-state index in [-0.39, 0.29) is 6.42 Å². The van der Waals surface area contributed by atoms with Crippen LogP contribution < -0.4 is 11.1 Å². The highest BCUT2D eigenvalue weighted by Gasteiger charge is 2.23. The maximum atomic E-state index is 11.8. The van der Waals surface area contributed by atoms with Crippen LogP contribution in [0.15, 0.2) is 12.5 Å². The number of nitrogens with one attached hydrogen (secondary N) is 2. The van der Waals surface area contributed by atoms with E-state index in [0.717, 1.165) is 0 Å². The summed E-state index contributed by atoms with van der Waals surface area (Å²) in [5.41, 5.74) is 6.39. The van der Waals surface area contributed by atoms with Gasteiger partial charge in [-0.05, 0) is 18.4 Å². The highest BCUT2D eigenvalue weighted by Crippen LogP contribution is 2.02. The first kappa shape index (κ1) is 15.5. The predicted octanol–water partition coefficient (Wildman–Crippen LogP) is -0.398. The van der Waals surface area contributed by atoms with E-state index in [1.54, 1.807) is 6.20 Å². The highest BCUT2D eigenvalue weighted by molar-refractivity contribution is 7.98. The third kappa shape index (κ3) is 5.31. The first-order valence-electron chi connectivity index (χ1n) is 5.80. The lowest BCUT2D eigenvalue weighted by Gasteiger charge is -2.17. The van der Waals surface area contributed by atoms with Crippen LogP contribution in [0, 0.1) is 0 Å². The first-order valence-corrected chi connectivity index (χ1v) is 7.19. The molecule has 0 saturated carbocycles. The molecule has 0 aromatic carbocycles. The van der Waals surface area contributed by atoms with Gasteiger partial charge in [-0.25, -0.2) is 9.78 Å². The number of aliphatic carboxylic acids is 1. The second-order valence-corrected chi connectivity index (χ2v) is 5.04. The Balaban J connectivity index is 2.48. The number of hydrogen-bond acceptors (Lipinski definition) is 5. The van der Waals surface area contributed by atoms with Crippen LogP contribution in [-0.4, -0.2) is 51.0 Å². The van der Waals surface area contributed by atoms with Crippen LogP contribution in [0.2, 0.25) is 0 Å². The number of H-pyrrole nitrogens is 1. The molecule has 0 aliphatic heterocycles. The van der Waals surface area contributed by atoms with Gasteiger partial charge in [-0.3, -0.25) is 4.79 Å². The van der Waals surface area contributed by atoms with Crippen LogP contribution in [0.25, 0.3) is 0 Å².